The highest BCUT2D eigenvalue weighted by Crippen LogP contribution is 2.17. The van der Waals surface area contributed by atoms with Gasteiger partial charge in [-0.1, -0.05) is 6.92 Å². The number of hydrogen-bond acceptors (Lipinski definition) is 4. The van der Waals surface area contributed by atoms with Crippen LogP contribution < -0.4 is 10.6 Å². The molecule has 1 heterocycles. The topological polar surface area (TPSA) is 44.4 Å². The second-order valence-electron chi connectivity index (χ2n) is 4.52. The number of carbonyl (C=O) groups is 1. The van der Waals surface area contributed by atoms with Gasteiger partial charge in [-0.25, -0.2) is 0 Å². The van der Waals surface area contributed by atoms with E-state index < -0.39 is 0 Å². The van der Waals surface area contributed by atoms with Crippen molar-refractivity contribution >= 4 is 42.1 Å². The maximum Gasteiger partial charge on any atom is 0.261 e. The normalized spacial score (nSPS) is 9.80. The lowest BCUT2D eigenvalue weighted by atomic mass is 10.2. The van der Waals surface area contributed by atoms with Gasteiger partial charge >= 0.3 is 0 Å². The van der Waals surface area contributed by atoms with Crippen molar-refractivity contribution in [2.24, 2.45) is 0 Å². The Morgan fingerprint density at radius 1 is 1.25 bits per heavy atom. The van der Waals surface area contributed by atoms with Gasteiger partial charge in [0.2, 0.25) is 0 Å². The summed E-state index contributed by atoms with van der Waals surface area (Å²) in [6, 6.07) is 2.02. The SMILES string of the molecule is CCCNCCNC(=O)c1sccc1CN(C)C.Cl.Cl. The van der Waals surface area contributed by atoms with Crippen LogP contribution in [0.4, 0.5) is 0 Å². The van der Waals surface area contributed by atoms with Crippen LogP contribution in [0.1, 0.15) is 28.6 Å². The molecule has 0 fully saturated rings. The summed E-state index contributed by atoms with van der Waals surface area (Å²) in [5, 5.41) is 8.19. The third kappa shape index (κ3) is 8.07. The largest absolute Gasteiger partial charge is 0.350 e. The van der Waals surface area contributed by atoms with Crippen molar-refractivity contribution in [3.8, 4) is 0 Å². The highest BCUT2D eigenvalue weighted by atomic mass is 35.5. The Labute approximate surface area is 138 Å². The molecule has 0 aliphatic heterocycles. The molecule has 0 bridgehead atoms. The molecule has 1 aromatic heterocycles. The van der Waals surface area contributed by atoms with Crippen molar-refractivity contribution < 1.29 is 4.79 Å². The maximum absolute atomic E-state index is 12.0. The Kier molecular flexibility index (Phi) is 13.6. The van der Waals surface area contributed by atoms with Crippen LogP contribution in [0.3, 0.4) is 0 Å². The van der Waals surface area contributed by atoms with Crippen LogP contribution in [-0.2, 0) is 6.54 Å². The van der Waals surface area contributed by atoms with Crippen molar-refractivity contribution in [2.75, 3.05) is 33.7 Å². The van der Waals surface area contributed by atoms with E-state index in [1.165, 1.54) is 11.3 Å². The Morgan fingerprint density at radius 2 is 1.95 bits per heavy atom. The molecule has 1 rings (SSSR count). The minimum atomic E-state index is 0. The number of halogens is 2. The van der Waals surface area contributed by atoms with Crippen LogP contribution in [-0.4, -0.2) is 44.5 Å². The molecular weight excluding hydrogens is 317 g/mol. The summed E-state index contributed by atoms with van der Waals surface area (Å²) < 4.78 is 0. The lowest BCUT2D eigenvalue weighted by molar-refractivity contribution is 0.0956. The molecule has 0 aromatic carbocycles. The molecule has 118 valence electrons. The maximum atomic E-state index is 12.0. The van der Waals surface area contributed by atoms with Crippen molar-refractivity contribution in [1.29, 1.82) is 0 Å². The zero-order valence-electron chi connectivity index (χ0n) is 12.3. The molecule has 1 amide bonds. The highest BCUT2D eigenvalue weighted by Gasteiger charge is 2.12. The van der Waals surface area contributed by atoms with Gasteiger partial charge in [0.25, 0.3) is 5.91 Å². The van der Waals surface area contributed by atoms with Gasteiger partial charge in [-0.05, 0) is 44.1 Å². The summed E-state index contributed by atoms with van der Waals surface area (Å²) in [6.45, 7) is 5.44. The fourth-order valence-electron chi connectivity index (χ4n) is 1.65. The first kappa shape index (κ1) is 22.0. The van der Waals surface area contributed by atoms with Gasteiger partial charge < -0.3 is 15.5 Å². The lowest BCUT2D eigenvalue weighted by Gasteiger charge is -2.10. The van der Waals surface area contributed by atoms with E-state index >= 15 is 0 Å². The first-order valence-corrected chi connectivity index (χ1v) is 7.23. The summed E-state index contributed by atoms with van der Waals surface area (Å²) in [7, 11) is 4.02. The van der Waals surface area contributed by atoms with Gasteiger partial charge in [0.05, 0.1) is 4.88 Å². The summed E-state index contributed by atoms with van der Waals surface area (Å²) in [6.07, 6.45) is 1.12. The number of nitrogens with one attached hydrogen (secondary N) is 2. The third-order valence-corrected chi connectivity index (χ3v) is 3.41. The van der Waals surface area contributed by atoms with Gasteiger partial charge in [0, 0.05) is 19.6 Å². The van der Waals surface area contributed by atoms with Crippen LogP contribution >= 0.6 is 36.2 Å². The van der Waals surface area contributed by atoms with E-state index in [1.54, 1.807) is 0 Å². The van der Waals surface area contributed by atoms with Gasteiger partial charge in [-0.15, -0.1) is 36.2 Å². The molecule has 0 spiro atoms. The number of thiophene rings is 1. The Bertz CT molecular complexity index is 372. The van der Waals surface area contributed by atoms with Crippen LogP contribution in [0.2, 0.25) is 0 Å². The van der Waals surface area contributed by atoms with Crippen molar-refractivity contribution in [2.45, 2.75) is 19.9 Å². The number of carbonyl (C=O) groups excluding carboxylic acids is 1. The fraction of sp³-hybridized carbons (Fsp3) is 0.615. The predicted octanol–water partition coefficient (Wildman–Crippen LogP) is 2.38. The molecule has 4 nitrogen and oxygen atoms in total. The predicted molar refractivity (Wildman–Crippen MR) is 91.7 cm³/mol. The van der Waals surface area contributed by atoms with E-state index in [0.717, 1.165) is 36.5 Å². The minimum absolute atomic E-state index is 0. The van der Waals surface area contributed by atoms with E-state index in [-0.39, 0.29) is 30.7 Å². The monoisotopic (exact) mass is 341 g/mol. The number of nitrogens with zero attached hydrogens (tertiary/aromatic N) is 1. The molecular formula is C13H25Cl2N3OS. The molecule has 0 saturated heterocycles. The third-order valence-electron chi connectivity index (χ3n) is 2.45. The molecule has 0 aliphatic rings. The molecule has 2 N–H and O–H groups in total. The molecule has 20 heavy (non-hydrogen) atoms. The summed E-state index contributed by atoms with van der Waals surface area (Å²) in [4.78, 5) is 14.9. The molecule has 0 radical (unpaired) electrons. The summed E-state index contributed by atoms with van der Waals surface area (Å²) >= 11 is 1.51. The second kappa shape index (κ2) is 12.4. The van der Waals surface area contributed by atoms with E-state index in [2.05, 4.69) is 22.5 Å². The Hall–Kier alpha value is -0.330. The average molecular weight is 342 g/mol. The van der Waals surface area contributed by atoms with E-state index in [1.807, 2.05) is 25.5 Å². The minimum Gasteiger partial charge on any atom is -0.350 e. The second-order valence-corrected chi connectivity index (χ2v) is 5.43. The fourth-order valence-corrected chi connectivity index (χ4v) is 2.48. The van der Waals surface area contributed by atoms with E-state index in [0.29, 0.717) is 6.54 Å². The number of amides is 1. The molecule has 0 atom stereocenters. The first-order chi connectivity index (χ1) is 8.65. The summed E-state index contributed by atoms with van der Waals surface area (Å²) in [5.41, 5.74) is 1.10. The van der Waals surface area contributed by atoms with Crippen LogP contribution in [0.5, 0.6) is 0 Å². The van der Waals surface area contributed by atoms with E-state index in [9.17, 15) is 4.79 Å². The average Bonchev–Trinajstić information content (AvgIpc) is 2.76. The van der Waals surface area contributed by atoms with Crippen LogP contribution in [0.25, 0.3) is 0 Å². The molecule has 0 unspecified atom stereocenters. The van der Waals surface area contributed by atoms with Crippen molar-refractivity contribution in [1.82, 2.24) is 15.5 Å². The van der Waals surface area contributed by atoms with Crippen molar-refractivity contribution in [3.63, 3.8) is 0 Å². The van der Waals surface area contributed by atoms with Crippen molar-refractivity contribution in [3.05, 3.63) is 21.9 Å². The smallest absolute Gasteiger partial charge is 0.261 e. The van der Waals surface area contributed by atoms with Gasteiger partial charge in [-0.2, -0.15) is 0 Å². The standard InChI is InChI=1S/C13H23N3OS.2ClH/c1-4-6-14-7-8-15-13(17)12-11(5-9-18-12)10-16(2)3;;/h5,9,14H,4,6-8,10H2,1-3H3,(H,15,17);2*1H. The van der Waals surface area contributed by atoms with Gasteiger partial charge in [0.1, 0.15) is 0 Å². The zero-order valence-corrected chi connectivity index (χ0v) is 14.7. The Morgan fingerprint density at radius 3 is 2.55 bits per heavy atom. The van der Waals surface area contributed by atoms with Crippen LogP contribution in [0, 0.1) is 0 Å². The molecule has 7 heteroatoms. The van der Waals surface area contributed by atoms with Crippen LogP contribution in [0.15, 0.2) is 11.4 Å². The molecule has 1 aromatic rings. The molecule has 0 saturated carbocycles. The quantitative estimate of drug-likeness (QED) is 0.713. The first-order valence-electron chi connectivity index (χ1n) is 6.35. The summed E-state index contributed by atoms with van der Waals surface area (Å²) in [5.74, 6) is 0.0418. The number of rotatable bonds is 8. The molecule has 0 aliphatic carbocycles. The zero-order chi connectivity index (χ0) is 13.4. The Balaban J connectivity index is 0. The lowest BCUT2D eigenvalue weighted by Crippen LogP contribution is -2.32. The van der Waals surface area contributed by atoms with Gasteiger partial charge in [-0.3, -0.25) is 4.79 Å². The van der Waals surface area contributed by atoms with Gasteiger partial charge in [0.15, 0.2) is 0 Å². The number of hydrogen-bond donors (Lipinski definition) is 2. The highest BCUT2D eigenvalue weighted by molar-refractivity contribution is 7.12. The van der Waals surface area contributed by atoms with E-state index in [4.69, 9.17) is 0 Å².